The Kier molecular flexibility index (Phi) is 4.18. The molecule has 0 unspecified atom stereocenters. The lowest BCUT2D eigenvalue weighted by molar-refractivity contribution is -0.113. The number of rotatable bonds is 2. The summed E-state index contributed by atoms with van der Waals surface area (Å²) in [5, 5.41) is 0.432. The molecule has 3 aromatic rings. The second-order valence-corrected chi connectivity index (χ2v) is 7.19. The maximum Gasteiger partial charge on any atom is 0.270 e. The van der Waals surface area contributed by atoms with E-state index in [-0.39, 0.29) is 20.2 Å². The fourth-order valence-electron chi connectivity index (χ4n) is 2.64. The molecule has 1 aliphatic heterocycles. The second-order valence-electron chi connectivity index (χ2n) is 5.51. The molecule has 4 nitrogen and oxygen atoms in total. The predicted molar refractivity (Wildman–Crippen MR) is 105 cm³/mol. The minimum absolute atomic E-state index is 0.233. The molecule has 0 saturated carbocycles. The van der Waals surface area contributed by atoms with Crippen molar-refractivity contribution in [1.82, 2.24) is 0 Å². The van der Waals surface area contributed by atoms with Crippen molar-refractivity contribution in [3.8, 4) is 0 Å². The van der Waals surface area contributed by atoms with E-state index < -0.39 is 11.7 Å². The molecule has 0 radical (unpaired) electrons. The molecule has 1 saturated heterocycles. The van der Waals surface area contributed by atoms with Gasteiger partial charge in [0.25, 0.3) is 5.91 Å². The standard InChI is InChI=1S/C19H10FNO3S2/c20-12-4-3-5-13(9-12)21-18(23)16(26-19(21)25)8-11-10-24-15-7-2-1-6-14(15)17(11)22/h1-10H/b16-8+. The van der Waals surface area contributed by atoms with Crippen molar-refractivity contribution >= 4 is 56.9 Å². The van der Waals surface area contributed by atoms with Gasteiger partial charge in [-0.05, 0) is 36.4 Å². The number of hydrogen-bond donors (Lipinski definition) is 0. The second kappa shape index (κ2) is 6.51. The van der Waals surface area contributed by atoms with Crippen LogP contribution in [0.4, 0.5) is 10.1 Å². The molecular weight excluding hydrogens is 373 g/mol. The van der Waals surface area contributed by atoms with Crippen molar-refractivity contribution in [2.75, 3.05) is 4.90 Å². The van der Waals surface area contributed by atoms with Crippen LogP contribution in [0.1, 0.15) is 5.56 Å². The SMILES string of the molecule is O=C1/C(=C\c2coc3ccccc3c2=O)SC(=S)N1c1cccc(F)c1. The van der Waals surface area contributed by atoms with Gasteiger partial charge in [0.2, 0.25) is 0 Å². The first-order valence-electron chi connectivity index (χ1n) is 7.58. The zero-order valence-corrected chi connectivity index (χ0v) is 14.8. The molecule has 1 fully saturated rings. The van der Waals surface area contributed by atoms with Gasteiger partial charge in [-0.15, -0.1) is 0 Å². The summed E-state index contributed by atoms with van der Waals surface area (Å²) >= 11 is 6.31. The lowest BCUT2D eigenvalue weighted by atomic mass is 10.1. The van der Waals surface area contributed by atoms with Crippen molar-refractivity contribution in [3.63, 3.8) is 0 Å². The van der Waals surface area contributed by atoms with Crippen molar-refractivity contribution < 1.29 is 13.6 Å². The summed E-state index contributed by atoms with van der Waals surface area (Å²) in [5.41, 5.74) is 0.842. The molecule has 2 heterocycles. The lowest BCUT2D eigenvalue weighted by Crippen LogP contribution is -2.27. The van der Waals surface area contributed by atoms with Crippen LogP contribution in [-0.4, -0.2) is 10.2 Å². The predicted octanol–water partition coefficient (Wildman–Crippen LogP) is 4.34. The Morgan fingerprint density at radius 2 is 1.92 bits per heavy atom. The van der Waals surface area contributed by atoms with Gasteiger partial charge >= 0.3 is 0 Å². The molecule has 0 aliphatic carbocycles. The Morgan fingerprint density at radius 3 is 2.73 bits per heavy atom. The molecule has 2 aromatic carbocycles. The fraction of sp³-hybridized carbons (Fsp3) is 0. The highest BCUT2D eigenvalue weighted by Gasteiger charge is 2.33. The van der Waals surface area contributed by atoms with E-state index in [0.29, 0.717) is 16.7 Å². The van der Waals surface area contributed by atoms with Crippen LogP contribution in [0, 0.1) is 5.82 Å². The monoisotopic (exact) mass is 383 g/mol. The summed E-state index contributed by atoms with van der Waals surface area (Å²) in [6, 6.07) is 12.5. The highest BCUT2D eigenvalue weighted by atomic mass is 32.2. The third-order valence-electron chi connectivity index (χ3n) is 3.85. The third-order valence-corrected chi connectivity index (χ3v) is 5.16. The number of hydrogen-bond acceptors (Lipinski definition) is 5. The van der Waals surface area contributed by atoms with Crippen LogP contribution in [-0.2, 0) is 4.79 Å². The van der Waals surface area contributed by atoms with Gasteiger partial charge in [0.15, 0.2) is 9.75 Å². The maximum absolute atomic E-state index is 13.5. The van der Waals surface area contributed by atoms with E-state index in [9.17, 15) is 14.0 Å². The number of carbonyl (C=O) groups excluding carboxylic acids is 1. The first-order chi connectivity index (χ1) is 12.5. The highest BCUT2D eigenvalue weighted by Crippen LogP contribution is 2.36. The quantitative estimate of drug-likeness (QED) is 0.487. The number of halogens is 1. The number of para-hydroxylation sites is 1. The molecule has 128 valence electrons. The minimum Gasteiger partial charge on any atom is -0.463 e. The highest BCUT2D eigenvalue weighted by molar-refractivity contribution is 8.27. The minimum atomic E-state index is -0.462. The Morgan fingerprint density at radius 1 is 1.12 bits per heavy atom. The van der Waals surface area contributed by atoms with E-state index in [4.69, 9.17) is 16.6 Å². The largest absolute Gasteiger partial charge is 0.463 e. The van der Waals surface area contributed by atoms with Crippen molar-refractivity contribution in [1.29, 1.82) is 0 Å². The van der Waals surface area contributed by atoms with Crippen LogP contribution in [0.5, 0.6) is 0 Å². The van der Waals surface area contributed by atoms with Gasteiger partial charge in [-0.2, -0.15) is 0 Å². The van der Waals surface area contributed by atoms with Crippen molar-refractivity contribution in [3.05, 3.63) is 81.3 Å². The summed E-state index contributed by atoms with van der Waals surface area (Å²) in [6.07, 6.45) is 2.77. The van der Waals surface area contributed by atoms with Crippen LogP contribution in [0.15, 0.2) is 68.9 Å². The molecule has 0 spiro atoms. The molecular formula is C19H10FNO3S2. The van der Waals surface area contributed by atoms with Gasteiger partial charge < -0.3 is 4.42 Å². The first kappa shape index (κ1) is 16.7. The van der Waals surface area contributed by atoms with E-state index >= 15 is 0 Å². The smallest absolute Gasteiger partial charge is 0.270 e. The number of nitrogens with zero attached hydrogens (tertiary/aromatic N) is 1. The van der Waals surface area contributed by atoms with E-state index in [1.54, 1.807) is 30.3 Å². The van der Waals surface area contributed by atoms with E-state index in [1.807, 2.05) is 0 Å². The average Bonchev–Trinajstić information content (AvgIpc) is 2.91. The third kappa shape index (κ3) is 2.85. The number of thiocarbonyl (C=S) groups is 1. The van der Waals surface area contributed by atoms with Gasteiger partial charge in [0.1, 0.15) is 17.7 Å². The summed E-state index contributed by atoms with van der Waals surface area (Å²) in [6.45, 7) is 0. The summed E-state index contributed by atoms with van der Waals surface area (Å²) in [4.78, 5) is 26.8. The van der Waals surface area contributed by atoms with Crippen molar-refractivity contribution in [2.45, 2.75) is 0 Å². The van der Waals surface area contributed by atoms with Crippen LogP contribution in [0.3, 0.4) is 0 Å². The summed E-state index contributed by atoms with van der Waals surface area (Å²) < 4.78 is 19.2. The zero-order chi connectivity index (χ0) is 18.3. The van der Waals surface area contributed by atoms with E-state index in [0.717, 1.165) is 11.8 Å². The molecule has 1 amide bonds. The number of anilines is 1. The number of carbonyl (C=O) groups is 1. The maximum atomic E-state index is 13.5. The number of amides is 1. The Hall–Kier alpha value is -2.77. The van der Waals surface area contributed by atoms with Crippen LogP contribution < -0.4 is 10.3 Å². The molecule has 26 heavy (non-hydrogen) atoms. The Bertz CT molecular complexity index is 1150. The number of thioether (sulfide) groups is 1. The molecule has 1 aromatic heterocycles. The van der Waals surface area contributed by atoms with Crippen LogP contribution in [0.2, 0.25) is 0 Å². The lowest BCUT2D eigenvalue weighted by Gasteiger charge is -2.14. The Labute approximate surface area is 156 Å². The van der Waals surface area contributed by atoms with Gasteiger partial charge in [-0.3, -0.25) is 14.5 Å². The zero-order valence-electron chi connectivity index (χ0n) is 13.1. The average molecular weight is 383 g/mol. The molecule has 1 aliphatic rings. The molecule has 0 N–H and O–H groups in total. The summed E-state index contributed by atoms with van der Waals surface area (Å²) in [5.74, 6) is -0.867. The first-order valence-corrected chi connectivity index (χ1v) is 8.81. The number of benzene rings is 2. The fourth-order valence-corrected chi connectivity index (χ4v) is 3.93. The van der Waals surface area contributed by atoms with Crippen LogP contribution >= 0.6 is 24.0 Å². The summed E-state index contributed by atoms with van der Waals surface area (Å²) in [7, 11) is 0. The Balaban J connectivity index is 1.75. The number of fused-ring (bicyclic) bond motifs is 1. The van der Waals surface area contributed by atoms with Crippen LogP contribution in [0.25, 0.3) is 17.0 Å². The molecule has 7 heteroatoms. The molecule has 4 rings (SSSR count). The normalized spacial score (nSPS) is 16.0. The van der Waals surface area contributed by atoms with Gasteiger partial charge in [0.05, 0.1) is 21.5 Å². The van der Waals surface area contributed by atoms with Gasteiger partial charge in [-0.1, -0.05) is 42.2 Å². The van der Waals surface area contributed by atoms with E-state index in [2.05, 4.69) is 0 Å². The van der Waals surface area contributed by atoms with Gasteiger partial charge in [-0.25, -0.2) is 4.39 Å². The van der Waals surface area contributed by atoms with Crippen molar-refractivity contribution in [2.24, 2.45) is 0 Å². The van der Waals surface area contributed by atoms with E-state index in [1.165, 1.54) is 35.4 Å². The molecule has 0 bridgehead atoms. The topological polar surface area (TPSA) is 50.5 Å². The molecule has 0 atom stereocenters. The van der Waals surface area contributed by atoms with Gasteiger partial charge in [0, 0.05) is 0 Å².